The molecule has 0 saturated heterocycles. The van der Waals surface area contributed by atoms with E-state index in [-0.39, 0.29) is 5.88 Å². The van der Waals surface area contributed by atoms with Crippen LogP contribution in [-0.2, 0) is 6.42 Å². The molecule has 0 amide bonds. The van der Waals surface area contributed by atoms with Gasteiger partial charge in [0, 0.05) is 12.3 Å². The van der Waals surface area contributed by atoms with E-state index in [0.29, 0.717) is 5.82 Å². The van der Waals surface area contributed by atoms with Gasteiger partial charge in [-0.3, -0.25) is 4.57 Å². The van der Waals surface area contributed by atoms with E-state index in [1.165, 1.54) is 13.2 Å². The number of rotatable bonds is 3. The number of methoxy groups -OCH3 is 1. The van der Waals surface area contributed by atoms with E-state index < -0.39 is 5.82 Å². The highest BCUT2D eigenvalue weighted by Crippen LogP contribution is 2.14. The van der Waals surface area contributed by atoms with Crippen LogP contribution < -0.4 is 4.74 Å². The molecule has 0 bridgehead atoms. The van der Waals surface area contributed by atoms with Crippen molar-refractivity contribution < 1.29 is 9.13 Å². The van der Waals surface area contributed by atoms with Crippen molar-refractivity contribution in [3.8, 4) is 11.7 Å². The van der Waals surface area contributed by atoms with E-state index in [9.17, 15) is 4.39 Å². The minimum Gasteiger partial charge on any atom is -0.478 e. The van der Waals surface area contributed by atoms with Crippen molar-refractivity contribution in [1.29, 1.82) is 0 Å². The Bertz CT molecular complexity index is 497. The highest BCUT2D eigenvalue weighted by molar-refractivity contribution is 5.26. The maximum Gasteiger partial charge on any atom is 0.269 e. The Hall–Kier alpha value is -1.98. The van der Waals surface area contributed by atoms with Gasteiger partial charge in [0.2, 0.25) is 0 Å². The van der Waals surface area contributed by atoms with Crippen LogP contribution >= 0.6 is 0 Å². The first-order valence-electron chi connectivity index (χ1n) is 4.85. The molecule has 0 spiro atoms. The molecule has 0 atom stereocenters. The largest absolute Gasteiger partial charge is 0.478 e. The van der Waals surface area contributed by atoms with Crippen LogP contribution in [0.5, 0.6) is 5.88 Å². The highest BCUT2D eigenvalue weighted by Gasteiger charge is 2.08. The monoisotopic (exact) mass is 222 g/mol. The Morgan fingerprint density at radius 1 is 1.44 bits per heavy atom. The van der Waals surface area contributed by atoms with Crippen molar-refractivity contribution in [1.82, 2.24) is 19.7 Å². The van der Waals surface area contributed by atoms with E-state index in [2.05, 4.69) is 19.9 Å². The Kier molecular flexibility index (Phi) is 2.80. The molecule has 0 N–H and O–H groups in total. The average Bonchev–Trinajstić information content (AvgIpc) is 2.77. The first-order valence-corrected chi connectivity index (χ1v) is 4.85. The first-order chi connectivity index (χ1) is 7.74. The van der Waals surface area contributed by atoms with Gasteiger partial charge >= 0.3 is 0 Å². The van der Waals surface area contributed by atoms with Gasteiger partial charge in [-0.05, 0) is 6.42 Å². The minimum atomic E-state index is -0.542. The quantitative estimate of drug-likeness (QED) is 0.787. The van der Waals surface area contributed by atoms with E-state index in [4.69, 9.17) is 0 Å². The fourth-order valence-electron chi connectivity index (χ4n) is 1.28. The van der Waals surface area contributed by atoms with Crippen LogP contribution in [0.1, 0.15) is 12.6 Å². The third kappa shape index (κ3) is 1.86. The molecule has 84 valence electrons. The van der Waals surface area contributed by atoms with E-state index in [1.54, 1.807) is 17.1 Å². The van der Waals surface area contributed by atoms with Crippen molar-refractivity contribution in [3.05, 3.63) is 30.1 Å². The number of ether oxygens (including phenoxy) is 1. The van der Waals surface area contributed by atoms with Crippen LogP contribution in [0, 0.1) is 5.82 Å². The molecule has 0 aliphatic heterocycles. The molecule has 16 heavy (non-hydrogen) atoms. The SMILES string of the molecule is CCc1cn(-c2cc(F)c(OC)nn2)cn1. The summed E-state index contributed by atoms with van der Waals surface area (Å²) in [6.07, 6.45) is 4.18. The van der Waals surface area contributed by atoms with E-state index >= 15 is 0 Å². The third-order valence-corrected chi connectivity index (χ3v) is 2.16. The molecule has 6 heteroatoms. The zero-order chi connectivity index (χ0) is 11.5. The van der Waals surface area contributed by atoms with Gasteiger partial charge in [0.15, 0.2) is 11.6 Å². The normalized spacial score (nSPS) is 10.4. The van der Waals surface area contributed by atoms with Gasteiger partial charge in [-0.2, -0.15) is 0 Å². The van der Waals surface area contributed by atoms with E-state index in [1.807, 2.05) is 6.92 Å². The Morgan fingerprint density at radius 3 is 2.81 bits per heavy atom. The van der Waals surface area contributed by atoms with E-state index in [0.717, 1.165) is 12.1 Å². The van der Waals surface area contributed by atoms with Gasteiger partial charge in [-0.15, -0.1) is 10.2 Å². The summed E-state index contributed by atoms with van der Waals surface area (Å²) >= 11 is 0. The lowest BCUT2D eigenvalue weighted by atomic mass is 10.4. The predicted octanol–water partition coefficient (Wildman–Crippen LogP) is 1.37. The lowest BCUT2D eigenvalue weighted by molar-refractivity contribution is 0.362. The molecule has 0 radical (unpaired) electrons. The topological polar surface area (TPSA) is 52.8 Å². The molecule has 0 aliphatic carbocycles. The molecular formula is C10H11FN4O. The Balaban J connectivity index is 2.37. The summed E-state index contributed by atoms with van der Waals surface area (Å²) in [5.41, 5.74) is 0.915. The molecule has 5 nitrogen and oxygen atoms in total. The average molecular weight is 222 g/mol. The number of aromatic nitrogens is 4. The number of nitrogens with zero attached hydrogens (tertiary/aromatic N) is 4. The predicted molar refractivity (Wildman–Crippen MR) is 55.0 cm³/mol. The van der Waals surface area contributed by atoms with Gasteiger partial charge in [0.1, 0.15) is 6.33 Å². The first kappa shape index (κ1) is 10.5. The summed E-state index contributed by atoms with van der Waals surface area (Å²) < 4.78 is 19.7. The van der Waals surface area contributed by atoms with Gasteiger partial charge in [0.05, 0.1) is 12.8 Å². The zero-order valence-corrected chi connectivity index (χ0v) is 9.01. The van der Waals surface area contributed by atoms with Gasteiger partial charge in [0.25, 0.3) is 5.88 Å². The molecule has 2 rings (SSSR count). The number of imidazole rings is 1. The summed E-state index contributed by atoms with van der Waals surface area (Å²) in [5, 5.41) is 7.45. The van der Waals surface area contributed by atoms with Crippen LogP contribution in [0.2, 0.25) is 0 Å². The molecule has 2 heterocycles. The fraction of sp³-hybridized carbons (Fsp3) is 0.300. The zero-order valence-electron chi connectivity index (χ0n) is 9.01. The van der Waals surface area contributed by atoms with Crippen molar-refractivity contribution in [2.24, 2.45) is 0 Å². The summed E-state index contributed by atoms with van der Waals surface area (Å²) in [7, 11) is 1.35. The van der Waals surface area contributed by atoms with Crippen LogP contribution in [0.25, 0.3) is 5.82 Å². The summed E-state index contributed by atoms with van der Waals surface area (Å²) in [6, 6.07) is 1.26. The summed E-state index contributed by atoms with van der Waals surface area (Å²) in [4.78, 5) is 4.12. The lowest BCUT2D eigenvalue weighted by Gasteiger charge is -2.02. The van der Waals surface area contributed by atoms with Crippen LogP contribution in [-0.4, -0.2) is 26.9 Å². The maximum absolute atomic E-state index is 13.4. The smallest absolute Gasteiger partial charge is 0.269 e. The van der Waals surface area contributed by atoms with Crippen LogP contribution in [0.15, 0.2) is 18.6 Å². The van der Waals surface area contributed by atoms with Gasteiger partial charge < -0.3 is 4.74 Å². The van der Waals surface area contributed by atoms with Crippen molar-refractivity contribution in [2.45, 2.75) is 13.3 Å². The van der Waals surface area contributed by atoms with Crippen LogP contribution in [0.3, 0.4) is 0 Å². The standard InChI is InChI=1S/C10H11FN4O/c1-3-7-5-15(6-12-7)9-4-8(11)10(16-2)14-13-9/h4-6H,3H2,1-2H3. The third-order valence-electron chi connectivity index (χ3n) is 2.16. The summed E-state index contributed by atoms with van der Waals surface area (Å²) in [6.45, 7) is 1.99. The van der Waals surface area contributed by atoms with Crippen LogP contribution in [0.4, 0.5) is 4.39 Å². The molecule has 2 aromatic heterocycles. The number of halogens is 1. The second-order valence-electron chi connectivity index (χ2n) is 3.19. The molecular weight excluding hydrogens is 211 g/mol. The number of hydrogen-bond donors (Lipinski definition) is 0. The number of hydrogen-bond acceptors (Lipinski definition) is 4. The molecule has 0 fully saturated rings. The number of aryl methyl sites for hydroxylation is 1. The maximum atomic E-state index is 13.4. The highest BCUT2D eigenvalue weighted by atomic mass is 19.1. The lowest BCUT2D eigenvalue weighted by Crippen LogP contribution is -2.01. The van der Waals surface area contributed by atoms with Gasteiger partial charge in [-0.25, -0.2) is 9.37 Å². The van der Waals surface area contributed by atoms with Crippen molar-refractivity contribution in [2.75, 3.05) is 7.11 Å². The molecule has 0 aromatic carbocycles. The van der Waals surface area contributed by atoms with Crippen molar-refractivity contribution in [3.63, 3.8) is 0 Å². The molecule has 0 aliphatic rings. The second-order valence-corrected chi connectivity index (χ2v) is 3.19. The van der Waals surface area contributed by atoms with Crippen molar-refractivity contribution >= 4 is 0 Å². The van der Waals surface area contributed by atoms with Gasteiger partial charge in [-0.1, -0.05) is 6.92 Å². The second kappa shape index (κ2) is 4.26. The Morgan fingerprint density at radius 2 is 2.25 bits per heavy atom. The minimum absolute atomic E-state index is 0.111. The molecule has 2 aromatic rings. The molecule has 0 unspecified atom stereocenters. The molecule has 0 saturated carbocycles. The fourth-order valence-corrected chi connectivity index (χ4v) is 1.28. The summed E-state index contributed by atoms with van der Waals surface area (Å²) in [5.74, 6) is -0.274. The Labute approximate surface area is 91.9 Å².